The number of carbonyl (C=O) groups is 1. The smallest absolute Gasteiger partial charge is 0.240 e. The fourth-order valence-corrected chi connectivity index (χ4v) is 4.15. The molecule has 0 bridgehead atoms. The zero-order chi connectivity index (χ0) is 19.2. The molecule has 0 atom stereocenters. The van der Waals surface area contributed by atoms with Crippen LogP contribution < -0.4 is 0 Å². The maximum atomic E-state index is 12.5. The summed E-state index contributed by atoms with van der Waals surface area (Å²) in [5.74, 6) is 2.26. The van der Waals surface area contributed by atoms with E-state index in [0.29, 0.717) is 30.4 Å². The van der Waals surface area contributed by atoms with E-state index in [1.807, 2.05) is 4.90 Å². The summed E-state index contributed by atoms with van der Waals surface area (Å²) in [5.41, 5.74) is 0. The number of aryl methyl sites for hydroxylation is 1. The van der Waals surface area contributed by atoms with Crippen LogP contribution in [0.15, 0.2) is 23.0 Å². The molecule has 4 rings (SSSR count). The number of rotatable bonds is 6. The molecule has 3 heterocycles. The van der Waals surface area contributed by atoms with Crippen molar-refractivity contribution in [3.8, 4) is 11.6 Å². The summed E-state index contributed by atoms with van der Waals surface area (Å²) in [4.78, 5) is 29.5. The number of carbonyl (C=O) groups excluding carboxylic acids is 1. The lowest BCUT2D eigenvalue weighted by Crippen LogP contribution is -2.49. The standard InChI is InChI=1S/C20H28N6O2/c27-18(8-7-17-23-20(24-28-17)19-21-9-4-10-22-19)26-13-11-25(12-14-26)15-16-5-2-1-3-6-16/h4,9-10,16H,1-3,5-8,11-15H2. The van der Waals surface area contributed by atoms with E-state index < -0.39 is 0 Å². The van der Waals surface area contributed by atoms with Gasteiger partial charge in [0.15, 0.2) is 0 Å². The van der Waals surface area contributed by atoms with Gasteiger partial charge in [-0.2, -0.15) is 4.98 Å². The lowest BCUT2D eigenvalue weighted by Gasteiger charge is -2.37. The molecule has 8 heteroatoms. The monoisotopic (exact) mass is 384 g/mol. The SMILES string of the molecule is O=C(CCc1nc(-c2ncccn2)no1)N1CCN(CC2CCCCC2)CC1. The van der Waals surface area contributed by atoms with Crippen LogP contribution in [-0.2, 0) is 11.2 Å². The summed E-state index contributed by atoms with van der Waals surface area (Å²) in [5, 5.41) is 3.90. The minimum atomic E-state index is 0.160. The molecule has 0 aromatic carbocycles. The van der Waals surface area contributed by atoms with Crippen molar-refractivity contribution in [3.63, 3.8) is 0 Å². The van der Waals surface area contributed by atoms with E-state index in [4.69, 9.17) is 4.52 Å². The third-order valence-electron chi connectivity index (χ3n) is 5.75. The van der Waals surface area contributed by atoms with Crippen molar-refractivity contribution in [3.05, 3.63) is 24.4 Å². The van der Waals surface area contributed by atoms with Crippen molar-refractivity contribution >= 4 is 5.91 Å². The largest absolute Gasteiger partial charge is 0.340 e. The fraction of sp³-hybridized carbons (Fsp3) is 0.650. The van der Waals surface area contributed by atoms with E-state index in [2.05, 4.69) is 25.0 Å². The zero-order valence-corrected chi connectivity index (χ0v) is 16.3. The van der Waals surface area contributed by atoms with Crippen LogP contribution in [0.2, 0.25) is 0 Å². The van der Waals surface area contributed by atoms with Gasteiger partial charge < -0.3 is 9.42 Å². The summed E-state index contributed by atoms with van der Waals surface area (Å²) in [7, 11) is 0. The van der Waals surface area contributed by atoms with Crippen LogP contribution in [0.1, 0.15) is 44.4 Å². The Balaban J connectivity index is 1.20. The minimum Gasteiger partial charge on any atom is -0.340 e. The first kappa shape index (κ1) is 19.0. The molecule has 1 aliphatic carbocycles. The maximum absolute atomic E-state index is 12.5. The Hall–Kier alpha value is -2.35. The first-order valence-corrected chi connectivity index (χ1v) is 10.4. The number of hydrogen-bond acceptors (Lipinski definition) is 7. The third-order valence-corrected chi connectivity index (χ3v) is 5.75. The second kappa shape index (κ2) is 9.23. The number of amides is 1. The molecular weight excluding hydrogens is 356 g/mol. The summed E-state index contributed by atoms with van der Waals surface area (Å²) >= 11 is 0. The van der Waals surface area contributed by atoms with E-state index in [-0.39, 0.29) is 5.91 Å². The molecule has 2 aliphatic rings. The summed E-state index contributed by atoms with van der Waals surface area (Å²) < 4.78 is 5.24. The van der Waals surface area contributed by atoms with Crippen molar-refractivity contribution in [2.45, 2.75) is 44.9 Å². The highest BCUT2D eigenvalue weighted by atomic mass is 16.5. The molecule has 2 aromatic heterocycles. The van der Waals surface area contributed by atoms with Gasteiger partial charge in [0.2, 0.25) is 23.4 Å². The van der Waals surface area contributed by atoms with Gasteiger partial charge >= 0.3 is 0 Å². The Labute approximate surface area is 165 Å². The Morgan fingerprint density at radius 3 is 2.54 bits per heavy atom. The van der Waals surface area contributed by atoms with Crippen LogP contribution >= 0.6 is 0 Å². The minimum absolute atomic E-state index is 0.160. The van der Waals surface area contributed by atoms with Crippen LogP contribution in [0, 0.1) is 5.92 Å². The van der Waals surface area contributed by atoms with Crippen LogP contribution in [0.3, 0.4) is 0 Å². The molecule has 1 aliphatic heterocycles. The van der Waals surface area contributed by atoms with Gasteiger partial charge in [-0.15, -0.1) is 0 Å². The second-order valence-corrected chi connectivity index (χ2v) is 7.77. The highest BCUT2D eigenvalue weighted by Crippen LogP contribution is 2.24. The summed E-state index contributed by atoms with van der Waals surface area (Å²) in [6.07, 6.45) is 11.0. The molecule has 0 radical (unpaired) electrons. The van der Waals surface area contributed by atoms with Crippen molar-refractivity contribution in [2.75, 3.05) is 32.7 Å². The van der Waals surface area contributed by atoms with Gasteiger partial charge in [0.25, 0.3) is 0 Å². The Morgan fingerprint density at radius 1 is 1.04 bits per heavy atom. The molecule has 8 nitrogen and oxygen atoms in total. The molecule has 1 saturated heterocycles. The van der Waals surface area contributed by atoms with E-state index in [1.165, 1.54) is 38.6 Å². The van der Waals surface area contributed by atoms with Gasteiger partial charge in [0.1, 0.15) is 0 Å². The predicted molar refractivity (Wildman–Crippen MR) is 103 cm³/mol. The molecule has 150 valence electrons. The molecule has 28 heavy (non-hydrogen) atoms. The molecule has 0 N–H and O–H groups in total. The van der Waals surface area contributed by atoms with Crippen molar-refractivity contribution in [2.24, 2.45) is 5.92 Å². The first-order chi connectivity index (χ1) is 13.8. The first-order valence-electron chi connectivity index (χ1n) is 10.4. The highest BCUT2D eigenvalue weighted by Gasteiger charge is 2.24. The fourth-order valence-electron chi connectivity index (χ4n) is 4.15. The molecule has 1 amide bonds. The molecule has 2 aromatic rings. The average Bonchev–Trinajstić information content (AvgIpc) is 3.23. The predicted octanol–water partition coefficient (Wildman–Crippen LogP) is 2.18. The van der Waals surface area contributed by atoms with Gasteiger partial charge in [0.05, 0.1) is 0 Å². The lowest BCUT2D eigenvalue weighted by molar-refractivity contribution is -0.133. The molecule has 0 spiro atoms. The number of nitrogens with zero attached hydrogens (tertiary/aromatic N) is 6. The highest BCUT2D eigenvalue weighted by molar-refractivity contribution is 5.76. The summed E-state index contributed by atoms with van der Waals surface area (Å²) in [6.45, 7) is 4.81. The Bertz CT molecular complexity index is 751. The van der Waals surface area contributed by atoms with Gasteiger partial charge in [-0.1, -0.05) is 24.4 Å². The number of piperazine rings is 1. The molecule has 0 unspecified atom stereocenters. The van der Waals surface area contributed by atoms with E-state index in [0.717, 1.165) is 32.1 Å². The topological polar surface area (TPSA) is 88.2 Å². The Kier molecular flexibility index (Phi) is 6.26. The number of aromatic nitrogens is 4. The lowest BCUT2D eigenvalue weighted by atomic mass is 9.89. The van der Waals surface area contributed by atoms with E-state index in [9.17, 15) is 4.79 Å². The van der Waals surface area contributed by atoms with Crippen molar-refractivity contribution < 1.29 is 9.32 Å². The molecule has 2 fully saturated rings. The van der Waals surface area contributed by atoms with Gasteiger partial charge in [-0.3, -0.25) is 9.69 Å². The van der Waals surface area contributed by atoms with E-state index >= 15 is 0 Å². The van der Waals surface area contributed by atoms with Gasteiger partial charge in [-0.25, -0.2) is 9.97 Å². The maximum Gasteiger partial charge on any atom is 0.240 e. The zero-order valence-electron chi connectivity index (χ0n) is 16.3. The van der Waals surface area contributed by atoms with Crippen molar-refractivity contribution in [1.82, 2.24) is 29.9 Å². The van der Waals surface area contributed by atoms with E-state index in [1.54, 1.807) is 18.5 Å². The van der Waals surface area contributed by atoms with Crippen molar-refractivity contribution in [1.29, 1.82) is 0 Å². The Morgan fingerprint density at radius 2 is 1.79 bits per heavy atom. The normalized spacial score (nSPS) is 19.1. The van der Waals surface area contributed by atoms with Gasteiger partial charge in [0, 0.05) is 58.0 Å². The van der Waals surface area contributed by atoms with Crippen LogP contribution in [0.5, 0.6) is 0 Å². The molecular formula is C20H28N6O2. The average molecular weight is 384 g/mol. The van der Waals surface area contributed by atoms with Gasteiger partial charge in [-0.05, 0) is 24.8 Å². The third kappa shape index (κ3) is 4.92. The van der Waals surface area contributed by atoms with Crippen LogP contribution in [-0.4, -0.2) is 68.5 Å². The second-order valence-electron chi connectivity index (χ2n) is 7.77. The molecule has 1 saturated carbocycles. The van der Waals surface area contributed by atoms with Crippen LogP contribution in [0.4, 0.5) is 0 Å². The van der Waals surface area contributed by atoms with Crippen LogP contribution in [0.25, 0.3) is 11.6 Å². The quantitative estimate of drug-likeness (QED) is 0.754. The number of hydrogen-bond donors (Lipinski definition) is 0. The summed E-state index contributed by atoms with van der Waals surface area (Å²) in [6, 6.07) is 1.73.